The maximum atomic E-state index is 12.0. The van der Waals surface area contributed by atoms with Crippen molar-refractivity contribution in [2.75, 3.05) is 6.61 Å². The minimum atomic E-state index is -0.297. The Morgan fingerprint density at radius 3 is 3.06 bits per heavy atom. The first-order valence-electron chi connectivity index (χ1n) is 5.97. The first kappa shape index (κ1) is 13.2. The van der Waals surface area contributed by atoms with Crippen molar-refractivity contribution < 1.29 is 14.6 Å². The number of carbonyl (C=O) groups excluding carboxylic acids is 1. The highest BCUT2D eigenvalue weighted by Crippen LogP contribution is 2.22. The summed E-state index contributed by atoms with van der Waals surface area (Å²) >= 11 is 5.82. The molecule has 2 unspecified atom stereocenters. The van der Waals surface area contributed by atoms with Crippen molar-refractivity contribution in [2.24, 2.45) is 0 Å². The third kappa shape index (κ3) is 3.15. The molecule has 18 heavy (non-hydrogen) atoms. The quantitative estimate of drug-likeness (QED) is 0.866. The monoisotopic (exact) mass is 269 g/mol. The maximum absolute atomic E-state index is 12.0. The van der Waals surface area contributed by atoms with Crippen LogP contribution in [0.5, 0.6) is 5.75 Å². The molecule has 98 valence electrons. The molecule has 0 aromatic heterocycles. The van der Waals surface area contributed by atoms with Gasteiger partial charge in [-0.2, -0.15) is 0 Å². The highest BCUT2D eigenvalue weighted by Gasteiger charge is 2.22. The van der Waals surface area contributed by atoms with Crippen LogP contribution in [0.3, 0.4) is 0 Å². The van der Waals surface area contributed by atoms with Crippen molar-refractivity contribution in [3.63, 3.8) is 0 Å². The van der Waals surface area contributed by atoms with E-state index in [2.05, 4.69) is 5.32 Å². The predicted molar refractivity (Wildman–Crippen MR) is 69.0 cm³/mol. The van der Waals surface area contributed by atoms with Crippen molar-refractivity contribution in [1.82, 2.24) is 5.32 Å². The summed E-state index contributed by atoms with van der Waals surface area (Å²) in [6, 6.07) is 4.52. The van der Waals surface area contributed by atoms with Crippen LogP contribution in [-0.4, -0.2) is 29.8 Å². The number of aromatic hydroxyl groups is 1. The third-order valence-electron chi connectivity index (χ3n) is 3.02. The Morgan fingerprint density at radius 2 is 2.33 bits per heavy atom. The summed E-state index contributed by atoms with van der Waals surface area (Å²) in [5, 5.41) is 13.0. The Labute approximate surface area is 111 Å². The van der Waals surface area contributed by atoms with Gasteiger partial charge in [0.25, 0.3) is 5.91 Å². The average molecular weight is 270 g/mol. The summed E-state index contributed by atoms with van der Waals surface area (Å²) in [6.07, 6.45) is 1.72. The van der Waals surface area contributed by atoms with Gasteiger partial charge in [0, 0.05) is 17.7 Å². The second kappa shape index (κ2) is 5.59. The van der Waals surface area contributed by atoms with E-state index in [-0.39, 0.29) is 29.4 Å². The number of ether oxygens (including phenoxy) is 1. The summed E-state index contributed by atoms with van der Waals surface area (Å²) in [5.74, 6) is -0.355. The number of halogens is 1. The Bertz CT molecular complexity index is 450. The Balaban J connectivity index is 2.05. The van der Waals surface area contributed by atoms with E-state index in [1.807, 2.05) is 6.92 Å². The fraction of sp³-hybridized carbons (Fsp3) is 0.462. The summed E-state index contributed by atoms with van der Waals surface area (Å²) < 4.78 is 5.42. The lowest BCUT2D eigenvalue weighted by atomic mass is 10.0. The molecule has 1 amide bonds. The van der Waals surface area contributed by atoms with E-state index < -0.39 is 0 Å². The molecule has 0 saturated carbocycles. The van der Waals surface area contributed by atoms with Crippen LogP contribution in [0.15, 0.2) is 18.2 Å². The lowest BCUT2D eigenvalue weighted by Crippen LogP contribution is -2.41. The highest BCUT2D eigenvalue weighted by atomic mass is 35.5. The zero-order valence-electron chi connectivity index (χ0n) is 10.1. The van der Waals surface area contributed by atoms with Crippen molar-refractivity contribution in [3.8, 4) is 5.75 Å². The number of hydrogen-bond donors (Lipinski definition) is 2. The van der Waals surface area contributed by atoms with Crippen molar-refractivity contribution >= 4 is 17.5 Å². The molecule has 1 saturated heterocycles. The summed E-state index contributed by atoms with van der Waals surface area (Å²) in [4.78, 5) is 12.0. The van der Waals surface area contributed by atoms with Gasteiger partial charge in [0.15, 0.2) is 0 Å². The molecule has 1 fully saturated rings. The molecule has 1 aromatic carbocycles. The number of benzene rings is 1. The van der Waals surface area contributed by atoms with Gasteiger partial charge in [0.2, 0.25) is 0 Å². The fourth-order valence-electron chi connectivity index (χ4n) is 2.08. The lowest BCUT2D eigenvalue weighted by molar-refractivity contribution is 0.0136. The molecule has 0 aliphatic carbocycles. The third-order valence-corrected chi connectivity index (χ3v) is 3.26. The van der Waals surface area contributed by atoms with Gasteiger partial charge in [-0.05, 0) is 38.0 Å². The van der Waals surface area contributed by atoms with Crippen molar-refractivity contribution in [2.45, 2.75) is 31.9 Å². The Hall–Kier alpha value is -1.26. The molecule has 2 atom stereocenters. The summed E-state index contributed by atoms with van der Waals surface area (Å²) in [5.41, 5.74) is 0.210. The molecule has 0 radical (unpaired) electrons. The largest absolute Gasteiger partial charge is 0.507 e. The molecule has 0 bridgehead atoms. The van der Waals surface area contributed by atoms with Gasteiger partial charge in [-0.1, -0.05) is 11.6 Å². The van der Waals surface area contributed by atoms with Crippen LogP contribution in [0.2, 0.25) is 5.02 Å². The molecular formula is C13H16ClNO3. The van der Waals surface area contributed by atoms with Crippen LogP contribution in [0.1, 0.15) is 30.1 Å². The molecule has 2 N–H and O–H groups in total. The van der Waals surface area contributed by atoms with Crippen LogP contribution in [0.4, 0.5) is 0 Å². The Kier molecular flexibility index (Phi) is 4.09. The van der Waals surface area contributed by atoms with Gasteiger partial charge < -0.3 is 15.2 Å². The molecule has 5 heteroatoms. The smallest absolute Gasteiger partial charge is 0.255 e. The number of nitrogens with one attached hydrogen (secondary N) is 1. The normalized spacial score (nSPS) is 23.7. The van der Waals surface area contributed by atoms with E-state index in [4.69, 9.17) is 16.3 Å². The minimum absolute atomic E-state index is 0.0583. The van der Waals surface area contributed by atoms with E-state index in [9.17, 15) is 9.90 Å². The van der Waals surface area contributed by atoms with Crippen molar-refractivity contribution in [1.29, 1.82) is 0 Å². The van der Waals surface area contributed by atoms with Gasteiger partial charge in [-0.15, -0.1) is 0 Å². The van der Waals surface area contributed by atoms with Crippen LogP contribution in [0, 0.1) is 0 Å². The molecular weight excluding hydrogens is 254 g/mol. The van der Waals surface area contributed by atoms with Gasteiger partial charge >= 0.3 is 0 Å². The maximum Gasteiger partial charge on any atom is 0.255 e. The van der Waals surface area contributed by atoms with E-state index in [0.29, 0.717) is 11.6 Å². The number of amides is 1. The molecule has 2 rings (SSSR count). The zero-order valence-corrected chi connectivity index (χ0v) is 10.9. The second-order valence-corrected chi connectivity index (χ2v) is 4.97. The predicted octanol–water partition coefficient (Wildman–Crippen LogP) is 2.34. The van der Waals surface area contributed by atoms with Crippen LogP contribution < -0.4 is 5.32 Å². The van der Waals surface area contributed by atoms with Gasteiger partial charge in [-0.25, -0.2) is 0 Å². The number of phenolic OH excluding ortho intramolecular Hbond substituents is 1. The summed E-state index contributed by atoms with van der Waals surface area (Å²) in [6.45, 7) is 2.63. The number of rotatable bonds is 2. The molecule has 0 spiro atoms. The van der Waals surface area contributed by atoms with Crippen LogP contribution in [0.25, 0.3) is 0 Å². The number of phenols is 1. The van der Waals surface area contributed by atoms with E-state index in [1.165, 1.54) is 12.1 Å². The van der Waals surface area contributed by atoms with Crippen molar-refractivity contribution in [3.05, 3.63) is 28.8 Å². The fourth-order valence-corrected chi connectivity index (χ4v) is 2.25. The average Bonchev–Trinajstić information content (AvgIpc) is 2.32. The van der Waals surface area contributed by atoms with E-state index in [0.717, 1.165) is 12.8 Å². The first-order chi connectivity index (χ1) is 8.56. The first-order valence-corrected chi connectivity index (χ1v) is 6.35. The SMILES string of the molecule is CC1CC(NC(=O)c2cc(Cl)ccc2O)CCO1. The Morgan fingerprint density at radius 1 is 1.56 bits per heavy atom. The summed E-state index contributed by atoms with van der Waals surface area (Å²) in [7, 11) is 0. The molecule has 1 aliphatic rings. The minimum Gasteiger partial charge on any atom is -0.507 e. The molecule has 1 aliphatic heterocycles. The van der Waals surface area contributed by atoms with Gasteiger partial charge in [0.05, 0.1) is 11.7 Å². The second-order valence-electron chi connectivity index (χ2n) is 4.54. The lowest BCUT2D eigenvalue weighted by Gasteiger charge is -2.28. The van der Waals surface area contributed by atoms with Gasteiger partial charge in [-0.3, -0.25) is 4.79 Å². The van der Waals surface area contributed by atoms with E-state index in [1.54, 1.807) is 6.07 Å². The zero-order chi connectivity index (χ0) is 13.1. The number of hydrogen-bond acceptors (Lipinski definition) is 3. The topological polar surface area (TPSA) is 58.6 Å². The molecule has 1 heterocycles. The standard InChI is InChI=1S/C13H16ClNO3/c1-8-6-10(4-5-18-8)15-13(17)11-7-9(14)2-3-12(11)16/h2-3,7-8,10,16H,4-6H2,1H3,(H,15,17). The van der Waals surface area contributed by atoms with Gasteiger partial charge in [0.1, 0.15) is 5.75 Å². The van der Waals surface area contributed by atoms with E-state index >= 15 is 0 Å². The van der Waals surface area contributed by atoms with Crippen LogP contribution >= 0.6 is 11.6 Å². The highest BCUT2D eigenvalue weighted by molar-refractivity contribution is 6.31. The molecule has 1 aromatic rings. The number of carbonyl (C=O) groups is 1. The van der Waals surface area contributed by atoms with Crippen LogP contribution in [-0.2, 0) is 4.74 Å². The molecule has 4 nitrogen and oxygen atoms in total.